The Hall–Kier alpha value is -3.03. The van der Waals surface area contributed by atoms with Gasteiger partial charge in [-0.15, -0.1) is 5.10 Å². The van der Waals surface area contributed by atoms with Crippen molar-refractivity contribution in [3.8, 4) is 0 Å². The van der Waals surface area contributed by atoms with Crippen LogP contribution in [0, 0.1) is 12.8 Å². The Labute approximate surface area is 138 Å². The van der Waals surface area contributed by atoms with Gasteiger partial charge in [-0.3, -0.25) is 4.79 Å². The number of aromatic nitrogens is 5. The van der Waals surface area contributed by atoms with Crippen molar-refractivity contribution < 1.29 is 4.79 Å². The van der Waals surface area contributed by atoms with Crippen LogP contribution in [0.2, 0.25) is 0 Å². The first-order valence-corrected chi connectivity index (χ1v) is 7.74. The van der Waals surface area contributed by atoms with Gasteiger partial charge in [-0.05, 0) is 24.6 Å². The fraction of sp³-hybridized carbons (Fsp3) is 0.312. The highest BCUT2D eigenvalue weighted by molar-refractivity contribution is 5.95. The van der Waals surface area contributed by atoms with Crippen molar-refractivity contribution in [2.24, 2.45) is 13.0 Å². The number of nitrogens with zero attached hydrogens (tertiary/aromatic N) is 6. The first-order chi connectivity index (χ1) is 11.6. The number of carbonyl (C=O) groups excluding carboxylic acids is 1. The summed E-state index contributed by atoms with van der Waals surface area (Å²) in [4.78, 5) is 22.9. The molecule has 1 N–H and O–H groups in total. The third-order valence-electron chi connectivity index (χ3n) is 4.21. The van der Waals surface area contributed by atoms with Gasteiger partial charge in [-0.2, -0.15) is 0 Å². The summed E-state index contributed by atoms with van der Waals surface area (Å²) in [5, 5.41) is 11.1. The van der Waals surface area contributed by atoms with E-state index >= 15 is 0 Å². The Balaban J connectivity index is 1.45. The number of fused-ring (bicyclic) bond motifs is 1. The molecular weight excluding hydrogens is 306 g/mol. The predicted octanol–water partition coefficient (Wildman–Crippen LogP) is 1.14. The Morgan fingerprint density at radius 1 is 1.29 bits per heavy atom. The molecule has 0 saturated carbocycles. The minimum absolute atomic E-state index is 0.0290. The summed E-state index contributed by atoms with van der Waals surface area (Å²) in [6.07, 6.45) is 1.50. The lowest BCUT2D eigenvalue weighted by Gasteiger charge is -2.38. The summed E-state index contributed by atoms with van der Waals surface area (Å²) < 4.78 is 1.61. The van der Waals surface area contributed by atoms with Crippen molar-refractivity contribution in [2.45, 2.75) is 6.92 Å². The fourth-order valence-electron chi connectivity index (χ4n) is 2.86. The Bertz CT molecular complexity index is 914. The minimum Gasteiger partial charge on any atom is -0.353 e. The number of rotatable bonds is 3. The van der Waals surface area contributed by atoms with Crippen LogP contribution in [0.1, 0.15) is 5.56 Å². The zero-order valence-electron chi connectivity index (χ0n) is 13.5. The first-order valence-electron chi connectivity index (χ1n) is 7.74. The topological polar surface area (TPSA) is 88.8 Å². The van der Waals surface area contributed by atoms with Crippen LogP contribution in [-0.4, -0.2) is 44.0 Å². The van der Waals surface area contributed by atoms with E-state index in [1.807, 2.05) is 36.1 Å². The molecule has 1 fully saturated rings. The molecule has 1 saturated heterocycles. The van der Waals surface area contributed by atoms with E-state index in [4.69, 9.17) is 0 Å². The maximum absolute atomic E-state index is 12.3. The highest BCUT2D eigenvalue weighted by atomic mass is 16.2. The molecule has 1 aliphatic rings. The van der Waals surface area contributed by atoms with Crippen molar-refractivity contribution in [1.29, 1.82) is 0 Å². The second-order valence-corrected chi connectivity index (χ2v) is 6.04. The van der Waals surface area contributed by atoms with E-state index in [0.29, 0.717) is 24.3 Å². The Kier molecular flexibility index (Phi) is 3.37. The second kappa shape index (κ2) is 5.55. The molecule has 1 amide bonds. The molecule has 3 aromatic rings. The average Bonchev–Trinajstić information content (AvgIpc) is 2.88. The Morgan fingerprint density at radius 3 is 2.92 bits per heavy atom. The molecule has 0 radical (unpaired) electrons. The van der Waals surface area contributed by atoms with Gasteiger partial charge in [0.2, 0.25) is 5.91 Å². The van der Waals surface area contributed by atoms with Gasteiger partial charge in [-0.1, -0.05) is 17.3 Å². The lowest BCUT2D eigenvalue weighted by molar-refractivity contribution is -0.120. The van der Waals surface area contributed by atoms with Gasteiger partial charge >= 0.3 is 0 Å². The third-order valence-corrected chi connectivity index (χ3v) is 4.21. The smallest absolute Gasteiger partial charge is 0.231 e. The van der Waals surface area contributed by atoms with E-state index in [9.17, 15) is 4.79 Å². The van der Waals surface area contributed by atoms with Gasteiger partial charge < -0.3 is 10.2 Å². The number of anilines is 2. The van der Waals surface area contributed by atoms with E-state index in [1.165, 1.54) is 6.33 Å². The molecule has 0 spiro atoms. The fourth-order valence-corrected chi connectivity index (χ4v) is 2.86. The minimum atomic E-state index is -0.0628. The standard InChI is InChI=1S/C16H17N7O/c1-10-4-3-5-12(6-10)19-16(24)11-7-23(8-11)15-13-14(17-9-18-15)22(2)21-20-13/h3-6,9,11H,7-8H2,1-2H3,(H,19,24). The van der Waals surface area contributed by atoms with E-state index < -0.39 is 0 Å². The van der Waals surface area contributed by atoms with Gasteiger partial charge in [0.1, 0.15) is 6.33 Å². The van der Waals surface area contributed by atoms with Crippen molar-refractivity contribution in [3.05, 3.63) is 36.2 Å². The molecular formula is C16H17N7O. The molecule has 8 nitrogen and oxygen atoms in total. The number of benzene rings is 1. The maximum atomic E-state index is 12.3. The van der Waals surface area contributed by atoms with Crippen LogP contribution in [0.5, 0.6) is 0 Å². The molecule has 4 rings (SSSR count). The van der Waals surface area contributed by atoms with Crippen LogP contribution in [0.15, 0.2) is 30.6 Å². The van der Waals surface area contributed by atoms with Crippen LogP contribution >= 0.6 is 0 Å². The molecule has 0 unspecified atom stereocenters. The molecule has 24 heavy (non-hydrogen) atoms. The summed E-state index contributed by atoms with van der Waals surface area (Å²) in [6, 6.07) is 7.79. The van der Waals surface area contributed by atoms with Crippen LogP contribution in [-0.2, 0) is 11.8 Å². The molecule has 0 aliphatic carbocycles. The highest BCUT2D eigenvalue weighted by Crippen LogP contribution is 2.28. The number of nitrogens with one attached hydrogen (secondary N) is 1. The lowest BCUT2D eigenvalue weighted by Crippen LogP contribution is -2.52. The molecule has 122 valence electrons. The normalized spacial score (nSPS) is 14.7. The lowest BCUT2D eigenvalue weighted by atomic mass is 9.99. The maximum Gasteiger partial charge on any atom is 0.231 e. The summed E-state index contributed by atoms with van der Waals surface area (Å²) >= 11 is 0. The molecule has 0 atom stereocenters. The van der Waals surface area contributed by atoms with Crippen molar-refractivity contribution in [2.75, 3.05) is 23.3 Å². The van der Waals surface area contributed by atoms with Crippen LogP contribution in [0.3, 0.4) is 0 Å². The molecule has 2 aromatic heterocycles. The van der Waals surface area contributed by atoms with Crippen molar-refractivity contribution >= 4 is 28.6 Å². The second-order valence-electron chi connectivity index (χ2n) is 6.04. The number of aryl methyl sites for hydroxylation is 2. The van der Waals surface area contributed by atoms with Crippen LogP contribution < -0.4 is 10.2 Å². The van der Waals surface area contributed by atoms with E-state index in [0.717, 1.165) is 17.1 Å². The first kappa shape index (κ1) is 14.6. The molecule has 0 bridgehead atoms. The highest BCUT2D eigenvalue weighted by Gasteiger charge is 2.35. The molecule has 1 aromatic carbocycles. The molecule has 1 aliphatic heterocycles. The SMILES string of the molecule is Cc1cccc(NC(=O)C2CN(c3ncnc4c3nnn4C)C2)c1. The third kappa shape index (κ3) is 2.45. The number of hydrogen-bond acceptors (Lipinski definition) is 6. The predicted molar refractivity (Wildman–Crippen MR) is 89.6 cm³/mol. The van der Waals surface area contributed by atoms with E-state index in [-0.39, 0.29) is 11.8 Å². The molecule has 3 heterocycles. The summed E-state index contributed by atoms with van der Waals surface area (Å²) in [5.41, 5.74) is 3.30. The average molecular weight is 323 g/mol. The van der Waals surface area contributed by atoms with Gasteiger partial charge in [0.15, 0.2) is 17.0 Å². The van der Waals surface area contributed by atoms with Crippen LogP contribution in [0.4, 0.5) is 11.5 Å². The van der Waals surface area contributed by atoms with E-state index in [1.54, 1.807) is 11.7 Å². The number of amides is 1. The monoisotopic (exact) mass is 323 g/mol. The Morgan fingerprint density at radius 2 is 2.12 bits per heavy atom. The van der Waals surface area contributed by atoms with Gasteiger partial charge in [0.05, 0.1) is 5.92 Å². The number of hydrogen-bond donors (Lipinski definition) is 1. The summed E-state index contributed by atoms with van der Waals surface area (Å²) in [5.74, 6) is 0.696. The van der Waals surface area contributed by atoms with Crippen molar-refractivity contribution in [1.82, 2.24) is 25.0 Å². The van der Waals surface area contributed by atoms with E-state index in [2.05, 4.69) is 25.6 Å². The molecule has 8 heteroatoms. The number of carbonyl (C=O) groups is 1. The van der Waals surface area contributed by atoms with Gasteiger partial charge in [-0.25, -0.2) is 14.6 Å². The summed E-state index contributed by atoms with van der Waals surface area (Å²) in [7, 11) is 1.79. The van der Waals surface area contributed by atoms with Crippen LogP contribution in [0.25, 0.3) is 11.2 Å². The largest absolute Gasteiger partial charge is 0.353 e. The zero-order chi connectivity index (χ0) is 16.7. The van der Waals surface area contributed by atoms with Gasteiger partial charge in [0, 0.05) is 25.8 Å². The zero-order valence-corrected chi connectivity index (χ0v) is 13.5. The van der Waals surface area contributed by atoms with Gasteiger partial charge in [0.25, 0.3) is 0 Å². The van der Waals surface area contributed by atoms with Crippen molar-refractivity contribution in [3.63, 3.8) is 0 Å². The quantitative estimate of drug-likeness (QED) is 0.777. The summed E-state index contributed by atoms with van der Waals surface area (Å²) in [6.45, 7) is 3.22.